The average molecular weight is 397 g/mol. The molecule has 0 aliphatic heterocycles. The molecule has 1 heterocycles. The van der Waals surface area contributed by atoms with E-state index in [1.807, 2.05) is 56.3 Å². The molecule has 1 unspecified atom stereocenters. The van der Waals surface area contributed by atoms with Crippen molar-refractivity contribution in [2.24, 2.45) is 0 Å². The van der Waals surface area contributed by atoms with Crippen LogP contribution in [0.15, 0.2) is 71.8 Å². The molecule has 0 aliphatic carbocycles. The van der Waals surface area contributed by atoms with Gasteiger partial charge in [0.25, 0.3) is 10.1 Å². The summed E-state index contributed by atoms with van der Waals surface area (Å²) in [6, 6.07) is 18.5. The van der Waals surface area contributed by atoms with Gasteiger partial charge in [-0.2, -0.15) is 8.42 Å². The lowest BCUT2D eigenvalue weighted by molar-refractivity contribution is 0.293. The third-order valence-corrected chi connectivity index (χ3v) is 5.53. The summed E-state index contributed by atoms with van der Waals surface area (Å²) in [5.74, 6) is 0.539. The van der Waals surface area contributed by atoms with Crippen molar-refractivity contribution in [2.45, 2.75) is 37.7 Å². The minimum atomic E-state index is -4.26. The monoisotopic (exact) mass is 397 g/mol. The summed E-state index contributed by atoms with van der Waals surface area (Å²) in [5.41, 5.74) is 3.58. The molecule has 0 saturated heterocycles. The minimum Gasteiger partial charge on any atom is -0.473 e. The van der Waals surface area contributed by atoms with Gasteiger partial charge >= 0.3 is 0 Å². The Labute approximate surface area is 165 Å². The van der Waals surface area contributed by atoms with E-state index in [1.165, 1.54) is 6.07 Å². The van der Waals surface area contributed by atoms with Crippen molar-refractivity contribution in [1.29, 1.82) is 0 Å². The smallest absolute Gasteiger partial charge is 0.294 e. The number of aryl methyl sites for hydroxylation is 1. The molecule has 28 heavy (non-hydrogen) atoms. The van der Waals surface area contributed by atoms with Crippen LogP contribution < -0.4 is 4.74 Å². The maximum Gasteiger partial charge on any atom is 0.294 e. The summed E-state index contributed by atoms with van der Waals surface area (Å²) in [6.07, 6.45) is 2.16. The van der Waals surface area contributed by atoms with Gasteiger partial charge in [-0.25, -0.2) is 4.98 Å². The first-order valence-corrected chi connectivity index (χ1v) is 10.5. The summed E-state index contributed by atoms with van der Waals surface area (Å²) in [7, 11) is -4.26. The normalized spacial score (nSPS) is 12.5. The Morgan fingerprint density at radius 1 is 1.07 bits per heavy atom. The maximum atomic E-state index is 11.7. The molecule has 6 heteroatoms. The molecular formula is C22H23NO4S. The second kappa shape index (κ2) is 8.54. The van der Waals surface area contributed by atoms with E-state index in [0.717, 1.165) is 16.7 Å². The van der Waals surface area contributed by atoms with Gasteiger partial charge < -0.3 is 4.74 Å². The lowest BCUT2D eigenvalue weighted by atomic mass is 9.93. The average Bonchev–Trinajstić information content (AvgIpc) is 2.66. The largest absolute Gasteiger partial charge is 0.473 e. The van der Waals surface area contributed by atoms with E-state index in [4.69, 9.17) is 4.74 Å². The van der Waals surface area contributed by atoms with Crippen molar-refractivity contribution in [2.75, 3.05) is 0 Å². The predicted molar refractivity (Wildman–Crippen MR) is 108 cm³/mol. The highest BCUT2D eigenvalue weighted by atomic mass is 32.2. The number of hydrogen-bond acceptors (Lipinski definition) is 4. The first-order chi connectivity index (χ1) is 13.3. The highest BCUT2D eigenvalue weighted by Crippen LogP contribution is 2.27. The van der Waals surface area contributed by atoms with Gasteiger partial charge in [-0.05, 0) is 48.1 Å². The number of pyridine rings is 1. The Hall–Kier alpha value is -2.70. The van der Waals surface area contributed by atoms with E-state index >= 15 is 0 Å². The lowest BCUT2D eigenvalue weighted by Crippen LogP contribution is -2.07. The Morgan fingerprint density at radius 2 is 1.82 bits per heavy atom. The fraction of sp³-hybridized carbons (Fsp3) is 0.227. The van der Waals surface area contributed by atoms with Crippen LogP contribution in [0.5, 0.6) is 5.88 Å². The molecule has 0 radical (unpaired) electrons. The number of aromatic nitrogens is 1. The van der Waals surface area contributed by atoms with Crippen LogP contribution in [0.4, 0.5) is 0 Å². The van der Waals surface area contributed by atoms with Crippen molar-refractivity contribution >= 4 is 10.1 Å². The van der Waals surface area contributed by atoms with E-state index in [0.29, 0.717) is 24.5 Å². The zero-order chi connectivity index (χ0) is 20.1. The first-order valence-electron chi connectivity index (χ1n) is 9.02. The van der Waals surface area contributed by atoms with Gasteiger partial charge in [-0.15, -0.1) is 0 Å². The number of rotatable bonds is 7. The van der Waals surface area contributed by atoms with Crippen LogP contribution in [0.2, 0.25) is 0 Å². The number of benzene rings is 2. The first kappa shape index (κ1) is 20.0. The van der Waals surface area contributed by atoms with Gasteiger partial charge in [-0.1, -0.05) is 55.0 Å². The quantitative estimate of drug-likeness (QED) is 0.591. The topological polar surface area (TPSA) is 76.5 Å². The van der Waals surface area contributed by atoms with Gasteiger partial charge in [0.05, 0.1) is 4.90 Å². The molecule has 5 nitrogen and oxygen atoms in total. The molecule has 0 fully saturated rings. The van der Waals surface area contributed by atoms with Crippen LogP contribution in [-0.4, -0.2) is 18.0 Å². The third kappa shape index (κ3) is 5.18. The van der Waals surface area contributed by atoms with Crippen molar-refractivity contribution < 1.29 is 17.7 Å². The molecule has 0 aliphatic rings. The summed E-state index contributed by atoms with van der Waals surface area (Å²) in [6.45, 7) is 4.33. The van der Waals surface area contributed by atoms with Crippen LogP contribution in [0.25, 0.3) is 0 Å². The summed E-state index contributed by atoms with van der Waals surface area (Å²) in [4.78, 5) is 4.21. The molecule has 3 rings (SSSR count). The molecule has 2 aromatic carbocycles. The van der Waals surface area contributed by atoms with Gasteiger partial charge in [0.15, 0.2) is 0 Å². The molecule has 0 spiro atoms. The number of ether oxygens (including phenoxy) is 1. The lowest BCUT2D eigenvalue weighted by Gasteiger charge is -2.16. The second-order valence-electron chi connectivity index (χ2n) is 6.89. The van der Waals surface area contributed by atoms with Gasteiger partial charge in [0, 0.05) is 12.3 Å². The van der Waals surface area contributed by atoms with Gasteiger partial charge in [0.2, 0.25) is 5.88 Å². The van der Waals surface area contributed by atoms with Crippen molar-refractivity contribution in [3.8, 4) is 5.88 Å². The highest BCUT2D eigenvalue weighted by molar-refractivity contribution is 7.85. The fourth-order valence-corrected chi connectivity index (χ4v) is 3.82. The minimum absolute atomic E-state index is 0.0179. The number of hydrogen-bond donors (Lipinski definition) is 1. The van der Waals surface area contributed by atoms with E-state index in [1.54, 1.807) is 18.3 Å². The molecule has 0 amide bonds. The van der Waals surface area contributed by atoms with Crippen LogP contribution in [0, 0.1) is 6.92 Å². The zero-order valence-corrected chi connectivity index (χ0v) is 16.7. The van der Waals surface area contributed by atoms with Gasteiger partial charge in [0.1, 0.15) is 6.61 Å². The standard InChI is InChI=1S/C22H23NO4S/c1-16-8-9-21(28(24,25)26)20(12-16)13-17(2)19-10-11-23-22(14-19)27-15-18-6-4-3-5-7-18/h3-12,14,17H,13,15H2,1-2H3,(H,24,25,26). The van der Waals surface area contributed by atoms with Crippen LogP contribution in [0.3, 0.4) is 0 Å². The Balaban J connectivity index is 1.77. The predicted octanol–water partition coefficient (Wildman–Crippen LogP) is 4.56. The summed E-state index contributed by atoms with van der Waals surface area (Å²) >= 11 is 0. The third-order valence-electron chi connectivity index (χ3n) is 4.58. The second-order valence-corrected chi connectivity index (χ2v) is 8.28. The van der Waals surface area contributed by atoms with E-state index in [-0.39, 0.29) is 10.8 Å². The van der Waals surface area contributed by atoms with Crippen molar-refractivity contribution in [3.05, 3.63) is 89.1 Å². The summed E-state index contributed by atoms with van der Waals surface area (Å²) < 4.78 is 38.7. The zero-order valence-electron chi connectivity index (χ0n) is 15.9. The molecule has 0 bridgehead atoms. The molecule has 0 saturated carbocycles. The van der Waals surface area contributed by atoms with E-state index < -0.39 is 10.1 Å². The van der Waals surface area contributed by atoms with E-state index in [9.17, 15) is 13.0 Å². The van der Waals surface area contributed by atoms with Gasteiger partial charge in [-0.3, -0.25) is 4.55 Å². The Bertz CT molecular complexity index is 1050. The van der Waals surface area contributed by atoms with E-state index in [2.05, 4.69) is 4.98 Å². The van der Waals surface area contributed by atoms with Crippen molar-refractivity contribution in [1.82, 2.24) is 4.98 Å². The molecule has 1 N–H and O–H groups in total. The molecule has 1 atom stereocenters. The fourth-order valence-electron chi connectivity index (χ4n) is 3.11. The van der Waals surface area contributed by atoms with Crippen molar-refractivity contribution in [3.63, 3.8) is 0 Å². The molecule has 3 aromatic rings. The van der Waals surface area contributed by atoms with Crippen LogP contribution >= 0.6 is 0 Å². The highest BCUT2D eigenvalue weighted by Gasteiger charge is 2.18. The molecule has 146 valence electrons. The van der Waals surface area contributed by atoms with Crippen LogP contribution in [0.1, 0.15) is 35.1 Å². The Morgan fingerprint density at radius 3 is 2.54 bits per heavy atom. The number of nitrogens with zero attached hydrogens (tertiary/aromatic N) is 1. The maximum absolute atomic E-state index is 11.7. The molecular weight excluding hydrogens is 374 g/mol. The Kier molecular flexibility index (Phi) is 6.11. The van der Waals surface area contributed by atoms with Crippen LogP contribution in [-0.2, 0) is 23.1 Å². The summed E-state index contributed by atoms with van der Waals surface area (Å²) in [5, 5.41) is 0. The SMILES string of the molecule is Cc1ccc(S(=O)(=O)O)c(CC(C)c2ccnc(OCc3ccccc3)c2)c1. The molecule has 1 aromatic heterocycles.